The second kappa shape index (κ2) is 8.19. The maximum atomic E-state index is 11.7. The summed E-state index contributed by atoms with van der Waals surface area (Å²) in [4.78, 5) is 25.6. The second-order valence-corrected chi connectivity index (χ2v) is 8.14. The number of carbonyl (C=O) groups excluding carboxylic acids is 1. The number of rotatable bonds is 5. The first-order valence-electron chi connectivity index (χ1n) is 9.95. The first-order valence-corrected chi connectivity index (χ1v) is 9.95. The van der Waals surface area contributed by atoms with Gasteiger partial charge in [0.05, 0.1) is 22.8 Å². The van der Waals surface area contributed by atoms with Gasteiger partial charge in [0, 0.05) is 36.6 Å². The lowest BCUT2D eigenvalue weighted by Crippen LogP contribution is -2.33. The van der Waals surface area contributed by atoms with E-state index in [9.17, 15) is 4.79 Å². The zero-order chi connectivity index (χ0) is 21.2. The summed E-state index contributed by atoms with van der Waals surface area (Å²) in [5.74, 6) is 0. The average molecular weight is 396 g/mol. The van der Waals surface area contributed by atoms with Gasteiger partial charge < -0.3 is 10.1 Å². The Morgan fingerprint density at radius 2 is 1.97 bits per heavy atom. The summed E-state index contributed by atoms with van der Waals surface area (Å²) < 4.78 is 7.35. The fraction of sp³-hybridized carbons (Fsp3) is 0.455. The minimum atomic E-state index is -0.499. The Hall–Kier alpha value is -2.96. The summed E-state index contributed by atoms with van der Waals surface area (Å²) in [7, 11) is 0. The quantitative estimate of drug-likeness (QED) is 0.705. The molecule has 29 heavy (non-hydrogen) atoms. The lowest BCUT2D eigenvalue weighted by molar-refractivity contribution is 0.0528. The normalized spacial score (nSPS) is 11.7. The zero-order valence-corrected chi connectivity index (χ0v) is 18.0. The highest BCUT2D eigenvalue weighted by Gasteiger charge is 2.17. The standard InChI is InChI=1S/C22H29N5O2/c1-7-18-19(27-13-14(2)25-15(3)20(27)26-18)16-8-9-17(24-12-16)10-11-23-21(28)29-22(4,5)6/h8-9,12-13H,7,10-11H2,1-6H3,(H,23,28). The highest BCUT2D eigenvalue weighted by Crippen LogP contribution is 2.26. The van der Waals surface area contributed by atoms with Crippen molar-refractivity contribution in [3.63, 3.8) is 0 Å². The number of fused-ring (bicyclic) bond motifs is 1. The van der Waals surface area contributed by atoms with E-state index in [2.05, 4.69) is 32.7 Å². The van der Waals surface area contributed by atoms with E-state index in [1.807, 2.05) is 53.1 Å². The number of ether oxygens (including phenoxy) is 1. The van der Waals surface area contributed by atoms with Crippen molar-refractivity contribution in [2.75, 3.05) is 6.54 Å². The number of aryl methyl sites for hydroxylation is 3. The molecule has 0 saturated heterocycles. The molecule has 0 aliphatic rings. The van der Waals surface area contributed by atoms with Crippen molar-refractivity contribution >= 4 is 11.7 Å². The molecule has 1 amide bonds. The molecule has 0 unspecified atom stereocenters. The molecule has 0 radical (unpaired) electrons. The van der Waals surface area contributed by atoms with Crippen molar-refractivity contribution in [2.24, 2.45) is 0 Å². The number of hydrogen-bond donors (Lipinski definition) is 1. The van der Waals surface area contributed by atoms with Gasteiger partial charge in [-0.15, -0.1) is 0 Å². The van der Waals surface area contributed by atoms with Gasteiger partial charge in [0.15, 0.2) is 5.65 Å². The van der Waals surface area contributed by atoms with E-state index in [1.165, 1.54) is 0 Å². The molecule has 0 aliphatic carbocycles. The lowest BCUT2D eigenvalue weighted by Gasteiger charge is -2.19. The molecule has 0 bridgehead atoms. The van der Waals surface area contributed by atoms with E-state index in [1.54, 1.807) is 0 Å². The first-order chi connectivity index (χ1) is 13.7. The monoisotopic (exact) mass is 395 g/mol. The Balaban J connectivity index is 1.76. The molecule has 0 atom stereocenters. The molecule has 3 aromatic rings. The molecule has 0 saturated carbocycles. The smallest absolute Gasteiger partial charge is 0.407 e. The Kier molecular flexibility index (Phi) is 5.86. The molecule has 0 aromatic carbocycles. The highest BCUT2D eigenvalue weighted by atomic mass is 16.6. The lowest BCUT2D eigenvalue weighted by atomic mass is 10.1. The molecule has 3 rings (SSSR count). The number of nitrogens with one attached hydrogen (secondary N) is 1. The van der Waals surface area contributed by atoms with Crippen molar-refractivity contribution in [1.82, 2.24) is 24.7 Å². The van der Waals surface area contributed by atoms with Crippen LogP contribution in [0.5, 0.6) is 0 Å². The summed E-state index contributed by atoms with van der Waals surface area (Å²) in [6.07, 6.45) is 4.94. The summed E-state index contributed by atoms with van der Waals surface area (Å²) in [6.45, 7) is 12.1. The fourth-order valence-electron chi connectivity index (χ4n) is 3.26. The Bertz CT molecular complexity index is 1020. The molecule has 0 aliphatic heterocycles. The number of alkyl carbamates (subject to hydrolysis) is 1. The summed E-state index contributed by atoms with van der Waals surface area (Å²) in [5.41, 5.74) is 6.27. The summed E-state index contributed by atoms with van der Waals surface area (Å²) in [6, 6.07) is 4.05. The van der Waals surface area contributed by atoms with Gasteiger partial charge in [-0.05, 0) is 53.2 Å². The minimum absolute atomic E-state index is 0.410. The Labute approximate surface area is 171 Å². The van der Waals surface area contributed by atoms with Crippen LogP contribution in [-0.2, 0) is 17.6 Å². The molecule has 7 heteroatoms. The molecular weight excluding hydrogens is 366 g/mol. The first kappa shape index (κ1) is 20.8. The van der Waals surface area contributed by atoms with Gasteiger partial charge in [0.25, 0.3) is 0 Å². The van der Waals surface area contributed by atoms with E-state index in [0.29, 0.717) is 13.0 Å². The molecule has 1 N–H and O–H groups in total. The number of nitrogens with zero attached hydrogens (tertiary/aromatic N) is 4. The average Bonchev–Trinajstić information content (AvgIpc) is 2.99. The SMILES string of the molecule is CCc1nc2c(C)nc(C)cn2c1-c1ccc(CCNC(=O)OC(C)(C)C)nc1. The molecule has 7 nitrogen and oxygen atoms in total. The van der Waals surface area contributed by atoms with Crippen molar-refractivity contribution in [1.29, 1.82) is 0 Å². The Morgan fingerprint density at radius 3 is 2.59 bits per heavy atom. The third-order valence-electron chi connectivity index (χ3n) is 4.45. The minimum Gasteiger partial charge on any atom is -0.444 e. The molecule has 0 fully saturated rings. The molecule has 3 heterocycles. The van der Waals surface area contributed by atoms with Crippen LogP contribution in [-0.4, -0.2) is 37.6 Å². The maximum absolute atomic E-state index is 11.7. The van der Waals surface area contributed by atoms with Gasteiger partial charge in [-0.1, -0.05) is 6.92 Å². The maximum Gasteiger partial charge on any atom is 0.407 e. The number of hydrogen-bond acceptors (Lipinski definition) is 5. The van der Waals surface area contributed by atoms with Gasteiger partial charge in [-0.25, -0.2) is 9.78 Å². The van der Waals surface area contributed by atoms with Crippen molar-refractivity contribution < 1.29 is 9.53 Å². The van der Waals surface area contributed by atoms with Crippen LogP contribution in [0.1, 0.15) is 50.5 Å². The van der Waals surface area contributed by atoms with Crippen LogP contribution in [0.2, 0.25) is 0 Å². The highest BCUT2D eigenvalue weighted by molar-refractivity contribution is 5.68. The van der Waals surface area contributed by atoms with Gasteiger partial charge in [-0.2, -0.15) is 0 Å². The van der Waals surface area contributed by atoms with E-state index in [0.717, 1.165) is 46.1 Å². The van der Waals surface area contributed by atoms with Crippen molar-refractivity contribution in [2.45, 2.75) is 60.0 Å². The van der Waals surface area contributed by atoms with Gasteiger partial charge in [-0.3, -0.25) is 14.4 Å². The van der Waals surface area contributed by atoms with Gasteiger partial charge in [0.2, 0.25) is 0 Å². The Morgan fingerprint density at radius 1 is 1.21 bits per heavy atom. The summed E-state index contributed by atoms with van der Waals surface area (Å²) >= 11 is 0. The van der Waals surface area contributed by atoms with Gasteiger partial charge in [0.1, 0.15) is 5.60 Å². The van der Waals surface area contributed by atoms with E-state index in [-0.39, 0.29) is 0 Å². The number of carbonyl (C=O) groups is 1. The van der Waals surface area contributed by atoms with Crippen LogP contribution in [0.15, 0.2) is 24.5 Å². The third-order valence-corrected chi connectivity index (χ3v) is 4.45. The van der Waals surface area contributed by atoms with Crippen LogP contribution < -0.4 is 5.32 Å². The third kappa shape index (κ3) is 4.91. The summed E-state index contributed by atoms with van der Waals surface area (Å²) in [5, 5.41) is 2.76. The van der Waals surface area contributed by atoms with Crippen molar-refractivity contribution in [3.05, 3.63) is 47.3 Å². The molecule has 154 valence electrons. The van der Waals surface area contributed by atoms with Crippen LogP contribution in [0.3, 0.4) is 0 Å². The van der Waals surface area contributed by atoms with Crippen LogP contribution >= 0.6 is 0 Å². The van der Waals surface area contributed by atoms with Gasteiger partial charge >= 0.3 is 6.09 Å². The van der Waals surface area contributed by atoms with E-state index < -0.39 is 11.7 Å². The second-order valence-electron chi connectivity index (χ2n) is 8.14. The fourth-order valence-corrected chi connectivity index (χ4v) is 3.26. The van der Waals surface area contributed by atoms with E-state index >= 15 is 0 Å². The van der Waals surface area contributed by atoms with E-state index in [4.69, 9.17) is 9.72 Å². The predicted molar refractivity (Wildman–Crippen MR) is 113 cm³/mol. The number of pyridine rings is 1. The van der Waals surface area contributed by atoms with Crippen LogP contribution in [0.25, 0.3) is 16.9 Å². The number of imidazole rings is 1. The number of amides is 1. The number of aromatic nitrogens is 4. The topological polar surface area (TPSA) is 81.4 Å². The van der Waals surface area contributed by atoms with Crippen molar-refractivity contribution in [3.8, 4) is 11.3 Å². The molecular formula is C22H29N5O2. The predicted octanol–water partition coefficient (Wildman–Crippen LogP) is 4.04. The molecule has 3 aromatic heterocycles. The zero-order valence-electron chi connectivity index (χ0n) is 18.0. The van der Waals surface area contributed by atoms with Crippen LogP contribution in [0, 0.1) is 13.8 Å². The largest absolute Gasteiger partial charge is 0.444 e. The van der Waals surface area contributed by atoms with Crippen LogP contribution in [0.4, 0.5) is 4.79 Å². The molecule has 0 spiro atoms.